The summed E-state index contributed by atoms with van der Waals surface area (Å²) in [6.45, 7) is 4.96. The van der Waals surface area contributed by atoms with Crippen molar-refractivity contribution >= 4 is 11.6 Å². The van der Waals surface area contributed by atoms with Crippen LogP contribution in [0.1, 0.15) is 25.8 Å². The van der Waals surface area contributed by atoms with Gasteiger partial charge in [-0.05, 0) is 31.0 Å². The van der Waals surface area contributed by atoms with E-state index in [0.717, 1.165) is 6.42 Å². The van der Waals surface area contributed by atoms with Gasteiger partial charge in [-0.1, -0.05) is 13.0 Å². The minimum atomic E-state index is -0.00347. The topological polar surface area (TPSA) is 64.3 Å². The highest BCUT2D eigenvalue weighted by Crippen LogP contribution is 2.22. The Hall–Kier alpha value is -1.71. The standard InChI is InChI=1S/C13H20N2O2/c1-3-10-5-6-12(11(14)9-10)17-8-7-13(16)15-4-2/h5-6,9H,3-4,7-8,14H2,1-2H3,(H,15,16). The third-order valence-corrected chi connectivity index (χ3v) is 2.44. The van der Waals surface area contributed by atoms with Gasteiger partial charge in [-0.15, -0.1) is 0 Å². The Bertz CT molecular complexity index is 378. The highest BCUT2D eigenvalue weighted by atomic mass is 16.5. The summed E-state index contributed by atoms with van der Waals surface area (Å²) in [6.07, 6.45) is 1.30. The van der Waals surface area contributed by atoms with Crippen LogP contribution in [-0.4, -0.2) is 19.1 Å². The molecule has 0 fully saturated rings. The van der Waals surface area contributed by atoms with Gasteiger partial charge in [0.15, 0.2) is 0 Å². The van der Waals surface area contributed by atoms with Crippen molar-refractivity contribution in [2.24, 2.45) is 0 Å². The summed E-state index contributed by atoms with van der Waals surface area (Å²) in [5.74, 6) is 0.641. The quantitative estimate of drug-likeness (QED) is 0.739. The Morgan fingerprint density at radius 2 is 2.18 bits per heavy atom. The predicted molar refractivity (Wildman–Crippen MR) is 69.0 cm³/mol. The maximum absolute atomic E-state index is 11.2. The number of hydrogen-bond donors (Lipinski definition) is 2. The monoisotopic (exact) mass is 236 g/mol. The SMILES string of the molecule is CCNC(=O)CCOc1ccc(CC)cc1N. The number of nitrogens with two attached hydrogens (primary N) is 1. The summed E-state index contributed by atoms with van der Waals surface area (Å²) in [7, 11) is 0. The third-order valence-electron chi connectivity index (χ3n) is 2.44. The number of ether oxygens (including phenoxy) is 1. The first kappa shape index (κ1) is 13.4. The van der Waals surface area contributed by atoms with Crippen molar-refractivity contribution in [3.8, 4) is 5.75 Å². The van der Waals surface area contributed by atoms with Gasteiger partial charge >= 0.3 is 0 Å². The Morgan fingerprint density at radius 1 is 1.41 bits per heavy atom. The van der Waals surface area contributed by atoms with Crippen LogP contribution in [0.25, 0.3) is 0 Å². The summed E-state index contributed by atoms with van der Waals surface area (Å²) in [6, 6.07) is 5.74. The van der Waals surface area contributed by atoms with Crippen molar-refractivity contribution in [3.63, 3.8) is 0 Å². The first-order chi connectivity index (χ1) is 8.17. The molecule has 0 bridgehead atoms. The molecule has 0 unspecified atom stereocenters. The molecule has 0 saturated carbocycles. The molecule has 0 aliphatic heterocycles. The summed E-state index contributed by atoms with van der Waals surface area (Å²) in [4.78, 5) is 11.2. The van der Waals surface area contributed by atoms with Gasteiger partial charge in [0.2, 0.25) is 5.91 Å². The third kappa shape index (κ3) is 4.34. The van der Waals surface area contributed by atoms with E-state index in [1.807, 2.05) is 25.1 Å². The molecule has 0 aliphatic rings. The maximum atomic E-state index is 11.2. The number of nitrogen functional groups attached to an aromatic ring is 1. The number of aryl methyl sites for hydroxylation is 1. The lowest BCUT2D eigenvalue weighted by Crippen LogP contribution is -2.24. The van der Waals surface area contributed by atoms with Crippen LogP contribution < -0.4 is 15.8 Å². The molecular formula is C13H20N2O2. The number of rotatable bonds is 6. The van der Waals surface area contributed by atoms with Crippen LogP contribution in [0.3, 0.4) is 0 Å². The lowest BCUT2D eigenvalue weighted by molar-refractivity contribution is -0.121. The average molecular weight is 236 g/mol. The van der Waals surface area contributed by atoms with Gasteiger partial charge in [-0.2, -0.15) is 0 Å². The smallest absolute Gasteiger partial charge is 0.223 e. The molecule has 0 saturated heterocycles. The molecule has 0 aliphatic carbocycles. The van der Waals surface area contributed by atoms with Crippen LogP contribution in [0.15, 0.2) is 18.2 Å². The van der Waals surface area contributed by atoms with Crippen LogP contribution in [0, 0.1) is 0 Å². The molecule has 0 atom stereocenters. The first-order valence-corrected chi connectivity index (χ1v) is 5.95. The van der Waals surface area contributed by atoms with Crippen LogP contribution in [0.5, 0.6) is 5.75 Å². The number of nitrogens with one attached hydrogen (secondary N) is 1. The number of hydrogen-bond acceptors (Lipinski definition) is 3. The van der Waals surface area contributed by atoms with Crippen molar-refractivity contribution in [2.45, 2.75) is 26.7 Å². The summed E-state index contributed by atoms with van der Waals surface area (Å²) >= 11 is 0. The van der Waals surface area contributed by atoms with Crippen LogP contribution in [-0.2, 0) is 11.2 Å². The van der Waals surface area contributed by atoms with E-state index < -0.39 is 0 Å². The van der Waals surface area contributed by atoms with Crippen molar-refractivity contribution < 1.29 is 9.53 Å². The maximum Gasteiger partial charge on any atom is 0.223 e. The van der Waals surface area contributed by atoms with Gasteiger partial charge in [0, 0.05) is 6.54 Å². The molecule has 0 spiro atoms. The zero-order valence-electron chi connectivity index (χ0n) is 10.5. The van der Waals surface area contributed by atoms with E-state index in [2.05, 4.69) is 12.2 Å². The molecule has 1 aromatic rings. The normalized spacial score (nSPS) is 10.0. The second kappa shape index (κ2) is 6.78. The molecule has 17 heavy (non-hydrogen) atoms. The minimum absolute atomic E-state index is 0.00347. The largest absolute Gasteiger partial charge is 0.491 e. The molecule has 3 N–H and O–H groups in total. The fourth-order valence-corrected chi connectivity index (χ4v) is 1.49. The molecule has 0 radical (unpaired) electrons. The number of benzene rings is 1. The second-order valence-electron chi connectivity index (χ2n) is 3.78. The Labute approximate surface area is 102 Å². The van der Waals surface area contributed by atoms with E-state index in [4.69, 9.17) is 10.5 Å². The second-order valence-corrected chi connectivity index (χ2v) is 3.78. The zero-order chi connectivity index (χ0) is 12.7. The molecule has 1 amide bonds. The summed E-state index contributed by atoms with van der Waals surface area (Å²) < 4.78 is 5.47. The van der Waals surface area contributed by atoms with Gasteiger partial charge in [0.1, 0.15) is 5.75 Å². The van der Waals surface area contributed by atoms with E-state index >= 15 is 0 Å². The minimum Gasteiger partial charge on any atom is -0.491 e. The molecule has 0 heterocycles. The molecule has 0 aromatic heterocycles. The number of amides is 1. The van der Waals surface area contributed by atoms with Crippen LogP contribution in [0.4, 0.5) is 5.69 Å². The van der Waals surface area contributed by atoms with Crippen molar-refractivity contribution in [2.75, 3.05) is 18.9 Å². The molecule has 1 aromatic carbocycles. The highest BCUT2D eigenvalue weighted by Gasteiger charge is 2.03. The predicted octanol–water partition coefficient (Wildman–Crippen LogP) is 1.74. The molecule has 94 valence electrons. The first-order valence-electron chi connectivity index (χ1n) is 5.95. The van der Waals surface area contributed by atoms with Gasteiger partial charge in [0.25, 0.3) is 0 Å². The van der Waals surface area contributed by atoms with E-state index in [9.17, 15) is 4.79 Å². The van der Waals surface area contributed by atoms with Gasteiger partial charge in [0.05, 0.1) is 18.7 Å². The summed E-state index contributed by atoms with van der Waals surface area (Å²) in [5.41, 5.74) is 7.65. The fraction of sp³-hybridized carbons (Fsp3) is 0.462. The van der Waals surface area contributed by atoms with Crippen molar-refractivity contribution in [1.29, 1.82) is 0 Å². The number of anilines is 1. The average Bonchev–Trinajstić information content (AvgIpc) is 2.31. The fourth-order valence-electron chi connectivity index (χ4n) is 1.49. The van der Waals surface area contributed by atoms with Gasteiger partial charge in [-0.3, -0.25) is 4.79 Å². The molecule has 1 rings (SSSR count). The van der Waals surface area contributed by atoms with Gasteiger partial charge < -0.3 is 15.8 Å². The molecule has 4 nitrogen and oxygen atoms in total. The number of carbonyl (C=O) groups is 1. The molecular weight excluding hydrogens is 216 g/mol. The van der Waals surface area contributed by atoms with Crippen molar-refractivity contribution in [1.82, 2.24) is 5.32 Å². The van der Waals surface area contributed by atoms with E-state index in [1.54, 1.807) is 0 Å². The lowest BCUT2D eigenvalue weighted by atomic mass is 10.1. The Morgan fingerprint density at radius 3 is 2.76 bits per heavy atom. The zero-order valence-corrected chi connectivity index (χ0v) is 10.5. The Balaban J connectivity index is 2.44. The number of carbonyl (C=O) groups excluding carboxylic acids is 1. The van der Waals surface area contributed by atoms with Gasteiger partial charge in [-0.25, -0.2) is 0 Å². The van der Waals surface area contributed by atoms with E-state index in [1.165, 1.54) is 5.56 Å². The molecule has 4 heteroatoms. The van der Waals surface area contributed by atoms with Crippen molar-refractivity contribution in [3.05, 3.63) is 23.8 Å². The summed E-state index contributed by atoms with van der Waals surface area (Å²) in [5, 5.41) is 2.71. The van der Waals surface area contributed by atoms with E-state index in [-0.39, 0.29) is 5.91 Å². The highest BCUT2D eigenvalue weighted by molar-refractivity contribution is 5.75. The Kier molecular flexibility index (Phi) is 5.33. The lowest BCUT2D eigenvalue weighted by Gasteiger charge is -2.09. The van der Waals surface area contributed by atoms with Crippen LogP contribution >= 0.6 is 0 Å². The van der Waals surface area contributed by atoms with E-state index in [0.29, 0.717) is 31.0 Å². The van der Waals surface area contributed by atoms with Crippen LogP contribution in [0.2, 0.25) is 0 Å².